The van der Waals surface area contributed by atoms with Crippen molar-refractivity contribution in [2.24, 2.45) is 17.3 Å². The normalized spacial score (nSPS) is 45.2. The van der Waals surface area contributed by atoms with Crippen LogP contribution in [0.2, 0.25) is 0 Å². The molecule has 0 aromatic rings. The number of fused-ring (bicyclic) bond motifs is 2. The molecule has 3 saturated carbocycles. The summed E-state index contributed by atoms with van der Waals surface area (Å²) in [6.45, 7) is 4.66. The fourth-order valence-electron chi connectivity index (χ4n) is 2.60. The fourth-order valence-corrected chi connectivity index (χ4v) is 2.60. The molecule has 0 unspecified atom stereocenters. The predicted octanol–water partition coefficient (Wildman–Crippen LogP) is 3.00. The minimum atomic E-state index is 0.0891. The fraction of sp³-hybridized carbons (Fsp3) is 0.800. The Morgan fingerprint density at radius 1 is 1.70 bits per heavy atom. The first-order valence-electron chi connectivity index (χ1n) is 5.19. The summed E-state index contributed by atoms with van der Waals surface area (Å²) in [4.78, 5) is 0. The van der Waals surface area contributed by atoms with Crippen molar-refractivity contribution in [3.8, 4) is 0 Å². The van der Waals surface area contributed by atoms with E-state index in [2.05, 4.69) is 13.8 Å². The second kappa shape index (κ2) is 1.66. The Morgan fingerprint density at radius 3 is 2.90 bits per heavy atom. The van der Waals surface area contributed by atoms with E-state index in [4.69, 9.17) is 2.74 Å². The molecular formula is C10H16. The molecule has 2 atom stereocenters. The smallest absolute Gasteiger partial charge is 0.0537 e. The highest BCUT2D eigenvalue weighted by Gasteiger charge is 2.51. The molecule has 3 fully saturated rings. The molecule has 0 aliphatic heterocycles. The van der Waals surface area contributed by atoms with Crippen molar-refractivity contribution >= 4 is 0 Å². The average Bonchev–Trinajstić information content (AvgIpc) is 2.04. The van der Waals surface area contributed by atoms with Crippen LogP contribution in [0.5, 0.6) is 0 Å². The van der Waals surface area contributed by atoms with Crippen molar-refractivity contribution in [3.05, 3.63) is 12.1 Å². The molecule has 0 heteroatoms. The summed E-state index contributed by atoms with van der Waals surface area (Å²) in [6.07, 6.45) is 3.46. The van der Waals surface area contributed by atoms with E-state index in [0.29, 0.717) is 11.3 Å². The molecule has 3 rings (SSSR count). The maximum absolute atomic E-state index is 7.35. The third-order valence-corrected chi connectivity index (χ3v) is 3.65. The lowest BCUT2D eigenvalue weighted by Gasteiger charge is -2.57. The van der Waals surface area contributed by atoms with Crippen LogP contribution in [0.4, 0.5) is 0 Å². The van der Waals surface area contributed by atoms with Crippen molar-refractivity contribution in [1.29, 1.82) is 0 Å². The average molecular weight is 139 g/mol. The Hall–Kier alpha value is -0.260. The van der Waals surface area contributed by atoms with Gasteiger partial charge in [0.1, 0.15) is 0 Å². The zero-order valence-corrected chi connectivity index (χ0v) is 6.78. The molecule has 0 spiro atoms. The maximum Gasteiger partial charge on any atom is 0.0537 e. The Balaban J connectivity index is 2.28. The molecule has 10 heavy (non-hydrogen) atoms. The molecule has 3 aliphatic rings. The molecule has 0 radical (unpaired) electrons. The summed E-state index contributed by atoms with van der Waals surface area (Å²) in [5, 5.41) is 0. The largest absolute Gasteiger partial charge is 0.0996 e. The van der Waals surface area contributed by atoms with Gasteiger partial charge in [0.05, 0.1) is 2.74 Å². The van der Waals surface area contributed by atoms with Crippen molar-refractivity contribution in [2.75, 3.05) is 0 Å². The lowest BCUT2D eigenvalue weighted by atomic mass is 9.48. The first-order valence-corrected chi connectivity index (χ1v) is 4.19. The van der Waals surface area contributed by atoms with Gasteiger partial charge in [0.15, 0.2) is 0 Å². The van der Waals surface area contributed by atoms with E-state index in [0.717, 1.165) is 17.9 Å². The topological polar surface area (TPSA) is 0 Å². The molecule has 0 saturated heterocycles. The Bertz CT molecular complexity index is 234. The first kappa shape index (κ1) is 4.58. The van der Waals surface area contributed by atoms with Gasteiger partial charge in [-0.3, -0.25) is 0 Å². The van der Waals surface area contributed by atoms with Gasteiger partial charge in [0.2, 0.25) is 0 Å². The van der Waals surface area contributed by atoms with Crippen molar-refractivity contribution in [1.82, 2.24) is 0 Å². The van der Waals surface area contributed by atoms with Crippen molar-refractivity contribution in [3.63, 3.8) is 0 Å². The van der Waals surface area contributed by atoms with Crippen LogP contribution in [-0.4, -0.2) is 0 Å². The Kier molecular flexibility index (Phi) is 0.763. The van der Waals surface area contributed by atoms with Gasteiger partial charge >= 0.3 is 0 Å². The molecule has 2 bridgehead atoms. The standard InChI is InChI=1S/C10H16/c1-7-4-5-8-6-9(7)10(8,2)3/h8-9H,1,4-6H2,2-3H3/t8-,9-/m1/s1/i1+1D2. The number of hydrogen-bond acceptors (Lipinski definition) is 0. The zero-order chi connectivity index (χ0) is 8.93. The van der Waals surface area contributed by atoms with Gasteiger partial charge in [-0.25, -0.2) is 0 Å². The third-order valence-electron chi connectivity index (χ3n) is 3.65. The summed E-state index contributed by atoms with van der Waals surface area (Å²) in [5.41, 5.74) is 1.50. The highest BCUT2D eigenvalue weighted by Crippen LogP contribution is 2.60. The number of allylic oxidation sites excluding steroid dienone is 1. The Labute approximate surface area is 66.1 Å². The van der Waals surface area contributed by atoms with Crippen LogP contribution in [0.3, 0.4) is 0 Å². The van der Waals surface area contributed by atoms with Gasteiger partial charge in [0.25, 0.3) is 0 Å². The van der Waals surface area contributed by atoms with Crippen LogP contribution >= 0.6 is 0 Å². The van der Waals surface area contributed by atoms with Crippen LogP contribution in [0.25, 0.3) is 0 Å². The molecule has 0 amide bonds. The first-order chi connectivity index (χ1) is 5.53. The van der Waals surface area contributed by atoms with Crippen LogP contribution in [0.15, 0.2) is 12.1 Å². The molecular weight excluding hydrogens is 121 g/mol. The predicted molar refractivity (Wildman–Crippen MR) is 43.8 cm³/mol. The maximum atomic E-state index is 7.35. The summed E-state index contributed by atoms with van der Waals surface area (Å²) >= 11 is 0. The highest BCUT2D eigenvalue weighted by atomic mass is 14.6. The van der Waals surface area contributed by atoms with E-state index in [9.17, 15) is 0 Å². The quantitative estimate of drug-likeness (QED) is 0.357. The van der Waals surface area contributed by atoms with Gasteiger partial charge in [-0.15, -0.1) is 0 Å². The monoisotopic (exact) mass is 139 g/mol. The lowest BCUT2D eigenvalue weighted by molar-refractivity contribution is -0.0273. The second-order valence-corrected chi connectivity index (χ2v) is 4.37. The van der Waals surface area contributed by atoms with E-state index in [1.165, 1.54) is 12.8 Å². The third kappa shape index (κ3) is 0.574. The van der Waals surface area contributed by atoms with Crippen molar-refractivity contribution in [2.45, 2.75) is 33.1 Å². The van der Waals surface area contributed by atoms with Gasteiger partial charge < -0.3 is 0 Å². The highest BCUT2D eigenvalue weighted by molar-refractivity contribution is 5.18. The second-order valence-electron chi connectivity index (χ2n) is 4.37. The van der Waals surface area contributed by atoms with Crippen molar-refractivity contribution < 1.29 is 2.74 Å². The number of rotatable bonds is 0. The molecule has 0 aromatic heterocycles. The van der Waals surface area contributed by atoms with E-state index >= 15 is 0 Å². The van der Waals surface area contributed by atoms with Gasteiger partial charge in [-0.05, 0) is 36.5 Å². The van der Waals surface area contributed by atoms with Crippen LogP contribution < -0.4 is 0 Å². The molecule has 0 aromatic carbocycles. The molecule has 3 aliphatic carbocycles. The summed E-state index contributed by atoms with van der Waals surface area (Å²) in [7, 11) is 0. The summed E-state index contributed by atoms with van der Waals surface area (Å²) < 4.78 is 14.7. The van der Waals surface area contributed by atoms with E-state index < -0.39 is 0 Å². The van der Waals surface area contributed by atoms with Gasteiger partial charge in [-0.1, -0.05) is 26.0 Å². The molecule has 0 N–H and O–H groups in total. The van der Waals surface area contributed by atoms with E-state index in [1.54, 1.807) is 0 Å². The molecule has 0 heterocycles. The minimum absolute atomic E-state index is 0.0891. The van der Waals surface area contributed by atoms with Gasteiger partial charge in [-0.2, -0.15) is 0 Å². The van der Waals surface area contributed by atoms with Crippen LogP contribution in [0.1, 0.15) is 35.9 Å². The minimum Gasteiger partial charge on any atom is -0.0996 e. The van der Waals surface area contributed by atoms with Crippen LogP contribution in [-0.2, 0) is 0 Å². The molecule has 0 nitrogen and oxygen atoms in total. The van der Waals surface area contributed by atoms with Gasteiger partial charge in [0, 0.05) is 0 Å². The van der Waals surface area contributed by atoms with Crippen LogP contribution in [0, 0.1) is 17.3 Å². The molecule has 56 valence electrons. The SMILES string of the molecule is [2H][13C]([2H])=C1CC[C@@H]2C[C@H]1C2(C)C. The lowest BCUT2D eigenvalue weighted by Crippen LogP contribution is -2.48. The summed E-state index contributed by atoms with van der Waals surface area (Å²) in [6, 6.07) is 0. The van der Waals surface area contributed by atoms with E-state index in [1.807, 2.05) is 0 Å². The Morgan fingerprint density at radius 2 is 2.50 bits per heavy atom. The number of hydrogen-bond donors (Lipinski definition) is 0. The zero-order valence-electron chi connectivity index (χ0n) is 8.78. The van der Waals surface area contributed by atoms with E-state index in [-0.39, 0.29) is 6.53 Å². The summed E-state index contributed by atoms with van der Waals surface area (Å²) in [5.74, 6) is 1.42.